The molecule has 0 saturated heterocycles. The van der Waals surface area contributed by atoms with Gasteiger partial charge in [0.25, 0.3) is 0 Å². The second-order valence-electron chi connectivity index (χ2n) is 4.10. The molecule has 0 atom stereocenters. The fourth-order valence-corrected chi connectivity index (χ4v) is 1.84. The topological polar surface area (TPSA) is 46.2 Å². The molecule has 0 aromatic heterocycles. The van der Waals surface area contributed by atoms with E-state index in [1.54, 1.807) is 48.5 Å². The maximum absolute atomic E-state index is 12.2. The van der Waals surface area contributed by atoms with E-state index in [-0.39, 0.29) is 11.7 Å². The smallest absolute Gasteiger partial charge is 0.221 e. The summed E-state index contributed by atoms with van der Waals surface area (Å²) in [4.78, 5) is 23.2. The normalized spacial score (nSPS) is 10.0. The van der Waals surface area contributed by atoms with Gasteiger partial charge in [-0.15, -0.1) is 0 Å². The van der Waals surface area contributed by atoms with Crippen LogP contribution in [-0.4, -0.2) is 11.7 Å². The summed E-state index contributed by atoms with van der Waals surface area (Å²) >= 11 is 5.79. The molecule has 0 heterocycles. The number of ketones is 1. The summed E-state index contributed by atoms with van der Waals surface area (Å²) < 4.78 is 0. The molecule has 0 aliphatic heterocycles. The van der Waals surface area contributed by atoms with E-state index in [4.69, 9.17) is 11.6 Å². The average molecular weight is 274 g/mol. The lowest BCUT2D eigenvalue weighted by atomic mass is 10.0. The molecule has 1 amide bonds. The SMILES string of the molecule is CC(=O)Nc1cccc(C(=O)c2ccc(Cl)cc2)c1. The van der Waals surface area contributed by atoms with Gasteiger partial charge < -0.3 is 5.32 Å². The van der Waals surface area contributed by atoms with Crippen LogP contribution >= 0.6 is 11.6 Å². The first-order chi connectivity index (χ1) is 9.06. The molecule has 0 fully saturated rings. The van der Waals surface area contributed by atoms with Gasteiger partial charge in [-0.3, -0.25) is 9.59 Å². The van der Waals surface area contributed by atoms with Crippen LogP contribution < -0.4 is 5.32 Å². The van der Waals surface area contributed by atoms with E-state index < -0.39 is 0 Å². The molecular formula is C15H12ClNO2. The first-order valence-corrected chi connectivity index (χ1v) is 6.12. The maximum atomic E-state index is 12.2. The molecule has 0 spiro atoms. The van der Waals surface area contributed by atoms with Gasteiger partial charge in [0, 0.05) is 28.8 Å². The zero-order valence-electron chi connectivity index (χ0n) is 10.3. The largest absolute Gasteiger partial charge is 0.326 e. The molecule has 2 aromatic rings. The van der Waals surface area contributed by atoms with Crippen molar-refractivity contribution < 1.29 is 9.59 Å². The van der Waals surface area contributed by atoms with Gasteiger partial charge in [-0.05, 0) is 36.4 Å². The van der Waals surface area contributed by atoms with Crippen LogP contribution in [0.3, 0.4) is 0 Å². The quantitative estimate of drug-likeness (QED) is 0.870. The van der Waals surface area contributed by atoms with Crippen molar-refractivity contribution in [3.8, 4) is 0 Å². The first kappa shape index (κ1) is 13.3. The van der Waals surface area contributed by atoms with Crippen LogP contribution in [0, 0.1) is 0 Å². The number of hydrogen-bond donors (Lipinski definition) is 1. The fraction of sp³-hybridized carbons (Fsp3) is 0.0667. The van der Waals surface area contributed by atoms with E-state index in [1.165, 1.54) is 6.92 Å². The van der Waals surface area contributed by atoms with Gasteiger partial charge in [0.05, 0.1) is 0 Å². The zero-order chi connectivity index (χ0) is 13.8. The highest BCUT2D eigenvalue weighted by Gasteiger charge is 2.09. The van der Waals surface area contributed by atoms with Crippen LogP contribution in [0.25, 0.3) is 0 Å². The number of nitrogens with one attached hydrogen (secondary N) is 1. The predicted octanol–water partition coefficient (Wildman–Crippen LogP) is 3.53. The van der Waals surface area contributed by atoms with E-state index in [9.17, 15) is 9.59 Å². The Labute approximate surface area is 116 Å². The van der Waals surface area contributed by atoms with Gasteiger partial charge in [0.1, 0.15) is 0 Å². The monoisotopic (exact) mass is 273 g/mol. The maximum Gasteiger partial charge on any atom is 0.221 e. The van der Waals surface area contributed by atoms with Crippen molar-refractivity contribution in [3.63, 3.8) is 0 Å². The molecule has 0 radical (unpaired) electrons. The van der Waals surface area contributed by atoms with Crippen LogP contribution in [0.15, 0.2) is 48.5 Å². The molecule has 2 aromatic carbocycles. The van der Waals surface area contributed by atoms with Gasteiger partial charge in [-0.1, -0.05) is 23.7 Å². The summed E-state index contributed by atoms with van der Waals surface area (Å²) in [6.07, 6.45) is 0. The molecule has 1 N–H and O–H groups in total. The Bertz CT molecular complexity index is 620. The third-order valence-electron chi connectivity index (χ3n) is 2.55. The average Bonchev–Trinajstić information content (AvgIpc) is 2.38. The summed E-state index contributed by atoms with van der Waals surface area (Å²) in [6, 6.07) is 13.5. The minimum atomic E-state index is -0.170. The molecule has 19 heavy (non-hydrogen) atoms. The standard InChI is InChI=1S/C15H12ClNO2/c1-10(18)17-14-4-2-3-12(9-14)15(19)11-5-7-13(16)8-6-11/h2-9H,1H3,(H,17,18). The second kappa shape index (κ2) is 5.67. The molecule has 0 unspecified atom stereocenters. The molecule has 0 bridgehead atoms. The second-order valence-corrected chi connectivity index (χ2v) is 4.53. The van der Waals surface area contributed by atoms with Crippen molar-refractivity contribution in [2.45, 2.75) is 6.92 Å². The third-order valence-corrected chi connectivity index (χ3v) is 2.80. The number of benzene rings is 2. The molecule has 0 saturated carbocycles. The summed E-state index contributed by atoms with van der Waals surface area (Å²) in [5, 5.41) is 3.23. The highest BCUT2D eigenvalue weighted by atomic mass is 35.5. The zero-order valence-corrected chi connectivity index (χ0v) is 11.1. The van der Waals surface area contributed by atoms with E-state index in [0.29, 0.717) is 21.8 Å². The Morgan fingerprint density at radius 1 is 1.00 bits per heavy atom. The van der Waals surface area contributed by atoms with Crippen molar-refractivity contribution >= 4 is 29.0 Å². The molecule has 3 nitrogen and oxygen atoms in total. The summed E-state index contributed by atoms with van der Waals surface area (Å²) in [7, 11) is 0. The van der Waals surface area contributed by atoms with Crippen molar-refractivity contribution in [3.05, 3.63) is 64.7 Å². The number of carbonyl (C=O) groups excluding carboxylic acids is 2. The Kier molecular flexibility index (Phi) is 3.97. The van der Waals surface area contributed by atoms with Crippen molar-refractivity contribution in [2.75, 3.05) is 5.32 Å². The Hall–Kier alpha value is -2.13. The van der Waals surface area contributed by atoms with Crippen LogP contribution in [0.4, 0.5) is 5.69 Å². The van der Waals surface area contributed by atoms with E-state index in [0.717, 1.165) is 0 Å². The van der Waals surface area contributed by atoms with Gasteiger partial charge in [-0.2, -0.15) is 0 Å². The lowest BCUT2D eigenvalue weighted by Crippen LogP contribution is -2.07. The number of carbonyl (C=O) groups is 2. The van der Waals surface area contributed by atoms with Gasteiger partial charge in [0.15, 0.2) is 5.78 Å². The molecule has 96 valence electrons. The first-order valence-electron chi connectivity index (χ1n) is 5.74. The van der Waals surface area contributed by atoms with E-state index in [1.807, 2.05) is 0 Å². The number of hydrogen-bond acceptors (Lipinski definition) is 2. The fourth-order valence-electron chi connectivity index (χ4n) is 1.71. The number of rotatable bonds is 3. The molecule has 0 aliphatic carbocycles. The van der Waals surface area contributed by atoms with Crippen LogP contribution in [0.5, 0.6) is 0 Å². The lowest BCUT2D eigenvalue weighted by Gasteiger charge is -2.05. The molecule has 2 rings (SSSR count). The van der Waals surface area contributed by atoms with Crippen molar-refractivity contribution in [1.82, 2.24) is 0 Å². The Morgan fingerprint density at radius 3 is 2.32 bits per heavy atom. The third kappa shape index (κ3) is 3.42. The number of halogens is 1. The number of anilines is 1. The van der Waals surface area contributed by atoms with E-state index >= 15 is 0 Å². The lowest BCUT2D eigenvalue weighted by molar-refractivity contribution is -0.114. The highest BCUT2D eigenvalue weighted by Crippen LogP contribution is 2.16. The highest BCUT2D eigenvalue weighted by molar-refractivity contribution is 6.30. The predicted molar refractivity (Wildman–Crippen MR) is 75.6 cm³/mol. The molecular weight excluding hydrogens is 262 g/mol. The van der Waals surface area contributed by atoms with Gasteiger partial charge >= 0.3 is 0 Å². The van der Waals surface area contributed by atoms with Gasteiger partial charge in [-0.25, -0.2) is 0 Å². The molecule has 0 aliphatic rings. The summed E-state index contributed by atoms with van der Waals surface area (Å²) in [5.41, 5.74) is 1.69. The molecule has 4 heteroatoms. The summed E-state index contributed by atoms with van der Waals surface area (Å²) in [6.45, 7) is 1.42. The van der Waals surface area contributed by atoms with Crippen molar-refractivity contribution in [2.24, 2.45) is 0 Å². The van der Waals surface area contributed by atoms with E-state index in [2.05, 4.69) is 5.32 Å². The van der Waals surface area contributed by atoms with Crippen LogP contribution in [0.2, 0.25) is 5.02 Å². The minimum absolute atomic E-state index is 0.108. The summed E-state index contributed by atoms with van der Waals surface area (Å²) in [5.74, 6) is -0.278. The Morgan fingerprint density at radius 2 is 1.68 bits per heavy atom. The van der Waals surface area contributed by atoms with Gasteiger partial charge in [0.2, 0.25) is 5.91 Å². The minimum Gasteiger partial charge on any atom is -0.326 e. The van der Waals surface area contributed by atoms with Crippen LogP contribution in [-0.2, 0) is 4.79 Å². The van der Waals surface area contributed by atoms with Crippen molar-refractivity contribution in [1.29, 1.82) is 0 Å². The number of amides is 1. The van der Waals surface area contributed by atoms with Crippen LogP contribution in [0.1, 0.15) is 22.8 Å². The Balaban J connectivity index is 2.28.